The van der Waals surface area contributed by atoms with Crippen molar-refractivity contribution in [3.8, 4) is 0 Å². The molecule has 0 aliphatic carbocycles. The summed E-state index contributed by atoms with van der Waals surface area (Å²) in [6, 6.07) is 0.139. The van der Waals surface area contributed by atoms with E-state index in [-0.39, 0.29) is 35.6 Å². The van der Waals surface area contributed by atoms with Crippen molar-refractivity contribution in [2.75, 3.05) is 32.1 Å². The van der Waals surface area contributed by atoms with Crippen LogP contribution in [0.4, 0.5) is 10.2 Å². The Hall–Kier alpha value is -2.80. The van der Waals surface area contributed by atoms with Gasteiger partial charge in [0.25, 0.3) is 5.91 Å². The second-order valence-electron chi connectivity index (χ2n) is 9.26. The Labute approximate surface area is 235 Å². The minimum atomic E-state index is -0.370. The van der Waals surface area contributed by atoms with Crippen molar-refractivity contribution in [3.05, 3.63) is 35.4 Å². The SMILES string of the molecule is C=O.CC.CC(C)OC(C)/C=C(F)\C=C/CNc1ncnc2sc(C(=O)NC3CNC3)nc12.COC(C)(C)C. The number of halogens is 1. The topological polar surface area (TPSA) is 127 Å². The maximum Gasteiger partial charge on any atom is 0.280 e. The predicted octanol–water partition coefficient (Wildman–Crippen LogP) is 4.70. The number of fused-ring (bicyclic) bond motifs is 1. The van der Waals surface area contributed by atoms with Crippen molar-refractivity contribution in [1.29, 1.82) is 0 Å². The molecule has 0 radical (unpaired) electrons. The number of thiazole rings is 1. The van der Waals surface area contributed by atoms with E-state index in [1.54, 1.807) is 20.1 Å². The predicted molar refractivity (Wildman–Crippen MR) is 157 cm³/mol. The van der Waals surface area contributed by atoms with E-state index in [1.807, 2.05) is 55.3 Å². The lowest BCUT2D eigenvalue weighted by Gasteiger charge is -2.27. The van der Waals surface area contributed by atoms with Crippen molar-refractivity contribution in [2.45, 2.75) is 79.2 Å². The molecule has 1 atom stereocenters. The highest BCUT2D eigenvalue weighted by Gasteiger charge is 2.22. The van der Waals surface area contributed by atoms with E-state index < -0.39 is 0 Å². The van der Waals surface area contributed by atoms with Gasteiger partial charge in [0, 0.05) is 26.7 Å². The Bertz CT molecular complexity index is 1030. The van der Waals surface area contributed by atoms with Crippen LogP contribution >= 0.6 is 11.3 Å². The Balaban J connectivity index is 0.00000126. The van der Waals surface area contributed by atoms with Gasteiger partial charge in [0.15, 0.2) is 10.8 Å². The number of nitrogens with one attached hydrogen (secondary N) is 3. The number of hydrogen-bond donors (Lipinski definition) is 3. The highest BCUT2D eigenvalue weighted by Crippen LogP contribution is 2.24. The molecule has 1 unspecified atom stereocenters. The number of anilines is 1. The van der Waals surface area contributed by atoms with Crippen LogP contribution < -0.4 is 16.0 Å². The van der Waals surface area contributed by atoms with Gasteiger partial charge in [-0.05, 0) is 53.7 Å². The van der Waals surface area contributed by atoms with Crippen molar-refractivity contribution >= 4 is 40.2 Å². The zero-order chi connectivity index (χ0) is 30.0. The standard InChI is InChI=1S/C19H25FN6O2S.C5H12O.C2H6.CH2O/c1-11(2)28-12(3)7-13(20)5-4-6-22-16-15-18(24-10-23-16)29-19(26-15)17(27)25-14-8-21-9-14;1-5(2,3)6-4;2*1-2/h4-5,7,10-12,14,21H,6,8-9H2,1-3H3,(H,25,27)(H,22,23,24);1-4H3;1-2H3;1H2/b5-4-,13-7+;;;. The maximum atomic E-state index is 13.9. The quantitative estimate of drug-likeness (QED) is 0.369. The fourth-order valence-electron chi connectivity index (χ4n) is 2.69. The van der Waals surface area contributed by atoms with E-state index in [0.29, 0.717) is 27.7 Å². The van der Waals surface area contributed by atoms with E-state index in [2.05, 4.69) is 30.9 Å². The zero-order valence-corrected chi connectivity index (χ0v) is 25.4. The third-order valence-electron chi connectivity index (χ3n) is 4.66. The van der Waals surface area contributed by atoms with Crippen molar-refractivity contribution < 1.29 is 23.5 Å². The number of aromatic nitrogens is 3. The van der Waals surface area contributed by atoms with E-state index in [0.717, 1.165) is 13.1 Å². The molecule has 2 aromatic rings. The molecule has 220 valence electrons. The lowest BCUT2D eigenvalue weighted by atomic mass is 10.2. The fraction of sp³-hybridized carbons (Fsp3) is 0.593. The Morgan fingerprint density at radius 2 is 1.87 bits per heavy atom. The molecule has 3 rings (SSSR count). The van der Waals surface area contributed by atoms with Gasteiger partial charge in [-0.25, -0.2) is 19.3 Å². The summed E-state index contributed by atoms with van der Waals surface area (Å²) >= 11 is 1.22. The van der Waals surface area contributed by atoms with Crippen molar-refractivity contribution in [3.63, 3.8) is 0 Å². The minimum absolute atomic E-state index is 0.0374. The minimum Gasteiger partial charge on any atom is -0.379 e. The molecule has 1 amide bonds. The summed E-state index contributed by atoms with van der Waals surface area (Å²) in [4.78, 5) is 33.7. The van der Waals surface area contributed by atoms with Crippen LogP contribution in [0.25, 0.3) is 10.3 Å². The summed E-state index contributed by atoms with van der Waals surface area (Å²) in [7, 11) is 1.71. The number of amides is 1. The van der Waals surface area contributed by atoms with Gasteiger partial charge >= 0.3 is 0 Å². The van der Waals surface area contributed by atoms with Gasteiger partial charge in [-0.3, -0.25) is 4.79 Å². The molecule has 0 aromatic carbocycles. The fourth-order valence-corrected chi connectivity index (χ4v) is 3.50. The largest absolute Gasteiger partial charge is 0.379 e. The number of ether oxygens (including phenoxy) is 2. The molecular formula is C27H45FN6O4S. The number of methoxy groups -OCH3 is 1. The number of carbonyl (C=O) groups excluding carboxylic acids is 2. The molecule has 0 spiro atoms. The molecule has 3 heterocycles. The molecular weight excluding hydrogens is 523 g/mol. The molecule has 1 fully saturated rings. The maximum absolute atomic E-state index is 13.9. The lowest BCUT2D eigenvalue weighted by Crippen LogP contribution is -2.56. The van der Waals surface area contributed by atoms with Crippen LogP contribution in [-0.2, 0) is 14.3 Å². The molecule has 2 aromatic heterocycles. The molecule has 39 heavy (non-hydrogen) atoms. The Morgan fingerprint density at radius 3 is 2.38 bits per heavy atom. The first-order valence-electron chi connectivity index (χ1n) is 12.9. The van der Waals surface area contributed by atoms with E-state index in [9.17, 15) is 9.18 Å². The van der Waals surface area contributed by atoms with Crippen LogP contribution in [0.2, 0.25) is 0 Å². The Kier molecular flexibility index (Phi) is 17.9. The smallest absolute Gasteiger partial charge is 0.280 e. The third kappa shape index (κ3) is 14.8. The highest BCUT2D eigenvalue weighted by atomic mass is 32.1. The van der Waals surface area contributed by atoms with Gasteiger partial charge in [-0.1, -0.05) is 31.3 Å². The van der Waals surface area contributed by atoms with Gasteiger partial charge in [-0.2, -0.15) is 0 Å². The molecule has 1 saturated heterocycles. The summed E-state index contributed by atoms with van der Waals surface area (Å²) in [5.41, 5.74) is 0.567. The summed E-state index contributed by atoms with van der Waals surface area (Å²) in [5, 5.41) is 9.44. The van der Waals surface area contributed by atoms with Crippen LogP contribution in [0, 0.1) is 0 Å². The average Bonchev–Trinajstić information content (AvgIpc) is 3.31. The number of nitrogens with zero attached hydrogens (tertiary/aromatic N) is 3. The monoisotopic (exact) mass is 568 g/mol. The first-order valence-corrected chi connectivity index (χ1v) is 13.7. The summed E-state index contributed by atoms with van der Waals surface area (Å²) < 4.78 is 24.3. The number of allylic oxidation sites excluding steroid dienone is 2. The molecule has 12 heteroatoms. The van der Waals surface area contributed by atoms with Gasteiger partial charge in [0.1, 0.15) is 29.3 Å². The van der Waals surface area contributed by atoms with Crippen molar-refractivity contribution in [1.82, 2.24) is 25.6 Å². The van der Waals surface area contributed by atoms with Gasteiger partial charge < -0.3 is 30.2 Å². The third-order valence-corrected chi connectivity index (χ3v) is 5.63. The molecule has 1 aliphatic heterocycles. The number of hydrogen-bond acceptors (Lipinski definition) is 10. The van der Waals surface area contributed by atoms with Crippen LogP contribution in [0.15, 0.2) is 30.4 Å². The second kappa shape index (κ2) is 19.3. The van der Waals surface area contributed by atoms with Crippen LogP contribution in [0.1, 0.15) is 65.2 Å². The van der Waals surface area contributed by atoms with Gasteiger partial charge in [0.2, 0.25) is 0 Å². The molecule has 1 aliphatic rings. The molecule has 3 N–H and O–H groups in total. The van der Waals surface area contributed by atoms with Gasteiger partial charge in [0.05, 0.1) is 23.9 Å². The van der Waals surface area contributed by atoms with Crippen LogP contribution in [0.3, 0.4) is 0 Å². The molecule has 10 nitrogen and oxygen atoms in total. The first kappa shape index (κ1) is 36.2. The highest BCUT2D eigenvalue weighted by molar-refractivity contribution is 7.19. The molecule has 0 saturated carbocycles. The normalized spacial score (nSPS) is 14.3. The number of carbonyl (C=O) groups is 2. The Morgan fingerprint density at radius 1 is 1.26 bits per heavy atom. The van der Waals surface area contributed by atoms with Crippen LogP contribution in [0.5, 0.6) is 0 Å². The zero-order valence-electron chi connectivity index (χ0n) is 24.6. The second-order valence-corrected chi connectivity index (χ2v) is 10.2. The van der Waals surface area contributed by atoms with Crippen molar-refractivity contribution in [2.24, 2.45) is 0 Å². The number of rotatable bonds is 9. The first-order chi connectivity index (χ1) is 18.5. The van der Waals surface area contributed by atoms with E-state index in [4.69, 9.17) is 14.3 Å². The summed E-state index contributed by atoms with van der Waals surface area (Å²) in [5.74, 6) is -0.0812. The van der Waals surface area contributed by atoms with E-state index in [1.165, 1.54) is 29.8 Å². The lowest BCUT2D eigenvalue weighted by molar-refractivity contribution is -0.0980. The van der Waals surface area contributed by atoms with Crippen LogP contribution in [-0.4, -0.2) is 78.2 Å². The van der Waals surface area contributed by atoms with E-state index >= 15 is 0 Å². The molecule has 0 bridgehead atoms. The van der Waals surface area contributed by atoms with Gasteiger partial charge in [-0.15, -0.1) is 0 Å². The summed E-state index contributed by atoms with van der Waals surface area (Å²) in [6.45, 7) is 19.5. The average molecular weight is 569 g/mol. The summed E-state index contributed by atoms with van der Waals surface area (Å²) in [6.07, 6.45) is 5.58.